The SMILES string of the molecule is CC(C)(c1ccccc1)N1C2C=CC1CN(c1nc(OCC3(CN4CCOCC4)CC3)nc3c(F)c(Br)c(Cl)cc13)C2. The number of hydrogen-bond acceptors (Lipinski definition) is 7. The lowest BCUT2D eigenvalue weighted by Crippen LogP contribution is -2.60. The predicted octanol–water partition coefficient (Wildman–Crippen LogP) is 6.04. The van der Waals surface area contributed by atoms with Crippen molar-refractivity contribution in [1.29, 1.82) is 0 Å². The summed E-state index contributed by atoms with van der Waals surface area (Å²) in [5, 5.41) is 0.892. The van der Waals surface area contributed by atoms with Gasteiger partial charge in [-0.1, -0.05) is 54.1 Å². The van der Waals surface area contributed by atoms with Crippen molar-refractivity contribution in [3.63, 3.8) is 0 Å². The highest BCUT2D eigenvalue weighted by Gasteiger charge is 2.46. The number of aromatic nitrogens is 2. The summed E-state index contributed by atoms with van der Waals surface area (Å²) in [6.07, 6.45) is 6.80. The first-order valence-electron chi connectivity index (χ1n) is 14.8. The number of halogens is 3. The van der Waals surface area contributed by atoms with Crippen molar-refractivity contribution in [2.75, 3.05) is 57.4 Å². The Hall–Kier alpha value is -2.30. The fraction of sp³-hybridized carbons (Fsp3) is 0.500. The molecule has 2 saturated heterocycles. The molecule has 4 aliphatic rings. The third-order valence-corrected chi connectivity index (χ3v) is 10.7. The second-order valence-corrected chi connectivity index (χ2v) is 13.8. The molecule has 7 nitrogen and oxygen atoms in total. The summed E-state index contributed by atoms with van der Waals surface area (Å²) in [5.74, 6) is 0.169. The van der Waals surface area contributed by atoms with E-state index in [0.717, 1.165) is 45.7 Å². The molecular weight excluding hydrogens is 621 g/mol. The van der Waals surface area contributed by atoms with Gasteiger partial charge in [0.25, 0.3) is 0 Å². The van der Waals surface area contributed by atoms with E-state index < -0.39 is 5.82 Å². The lowest BCUT2D eigenvalue weighted by Gasteiger charge is -2.50. The second kappa shape index (κ2) is 11.0. The highest BCUT2D eigenvalue weighted by atomic mass is 79.9. The highest BCUT2D eigenvalue weighted by Crippen LogP contribution is 2.47. The van der Waals surface area contributed by atoms with Gasteiger partial charge in [-0.05, 0) is 54.2 Å². The van der Waals surface area contributed by atoms with Gasteiger partial charge in [0.1, 0.15) is 11.3 Å². The fourth-order valence-corrected chi connectivity index (χ4v) is 7.42. The molecule has 0 N–H and O–H groups in total. The van der Waals surface area contributed by atoms with Crippen molar-refractivity contribution >= 4 is 44.3 Å². The first-order chi connectivity index (χ1) is 20.2. The monoisotopic (exact) mass is 655 g/mol. The average molecular weight is 657 g/mol. The van der Waals surface area contributed by atoms with Crippen LogP contribution in [0.15, 0.2) is 53.0 Å². The highest BCUT2D eigenvalue weighted by molar-refractivity contribution is 9.10. The smallest absolute Gasteiger partial charge is 0.319 e. The second-order valence-electron chi connectivity index (χ2n) is 12.6. The van der Waals surface area contributed by atoms with Gasteiger partial charge in [0, 0.05) is 61.1 Å². The molecule has 4 heterocycles. The minimum atomic E-state index is -0.495. The van der Waals surface area contributed by atoms with Crippen LogP contribution in [0.3, 0.4) is 0 Å². The van der Waals surface area contributed by atoms with E-state index in [1.807, 2.05) is 0 Å². The van der Waals surface area contributed by atoms with Crippen LogP contribution >= 0.6 is 27.5 Å². The molecule has 7 rings (SSSR count). The van der Waals surface area contributed by atoms with Gasteiger partial charge in [-0.3, -0.25) is 9.80 Å². The van der Waals surface area contributed by atoms with Crippen LogP contribution in [-0.4, -0.2) is 84.4 Å². The Morgan fingerprint density at radius 2 is 1.79 bits per heavy atom. The quantitative estimate of drug-likeness (QED) is 0.217. The first-order valence-corrected chi connectivity index (χ1v) is 16.0. The van der Waals surface area contributed by atoms with Crippen LogP contribution in [0.1, 0.15) is 32.3 Å². The number of nitrogens with zero attached hydrogens (tertiary/aromatic N) is 5. The van der Waals surface area contributed by atoms with Crippen LogP contribution in [0.4, 0.5) is 10.2 Å². The molecule has 222 valence electrons. The number of piperazine rings is 1. The Morgan fingerprint density at radius 3 is 2.45 bits per heavy atom. The van der Waals surface area contributed by atoms with Crippen molar-refractivity contribution in [1.82, 2.24) is 19.8 Å². The number of rotatable bonds is 8. The van der Waals surface area contributed by atoms with Gasteiger partial charge in [-0.2, -0.15) is 9.97 Å². The molecule has 2 unspecified atom stereocenters. The fourth-order valence-electron chi connectivity index (χ4n) is 6.93. The van der Waals surface area contributed by atoms with Gasteiger partial charge in [-0.25, -0.2) is 4.39 Å². The lowest BCUT2D eigenvalue weighted by atomic mass is 9.89. The summed E-state index contributed by atoms with van der Waals surface area (Å²) in [5.41, 5.74) is 1.43. The molecule has 1 saturated carbocycles. The summed E-state index contributed by atoms with van der Waals surface area (Å²) in [4.78, 5) is 16.8. The van der Waals surface area contributed by atoms with Gasteiger partial charge in [0.2, 0.25) is 0 Å². The van der Waals surface area contributed by atoms with E-state index >= 15 is 4.39 Å². The van der Waals surface area contributed by atoms with E-state index in [9.17, 15) is 0 Å². The molecule has 1 aromatic heterocycles. The molecular formula is C32H36BrClFN5O2. The van der Waals surface area contributed by atoms with Crippen molar-refractivity contribution in [3.8, 4) is 6.01 Å². The zero-order valence-electron chi connectivity index (χ0n) is 24.0. The molecule has 3 fully saturated rings. The summed E-state index contributed by atoms with van der Waals surface area (Å²) >= 11 is 9.77. The summed E-state index contributed by atoms with van der Waals surface area (Å²) in [7, 11) is 0. The molecule has 0 amide bonds. The molecule has 2 atom stereocenters. The van der Waals surface area contributed by atoms with Gasteiger partial charge in [-0.15, -0.1) is 0 Å². The van der Waals surface area contributed by atoms with Crippen molar-refractivity contribution in [3.05, 3.63) is 69.4 Å². The van der Waals surface area contributed by atoms with Crippen LogP contribution < -0.4 is 9.64 Å². The number of anilines is 1. The minimum absolute atomic E-state index is 0.0899. The van der Waals surface area contributed by atoms with E-state index in [1.165, 1.54) is 5.56 Å². The zero-order chi connectivity index (χ0) is 29.1. The molecule has 2 bridgehead atoms. The average Bonchev–Trinajstić information content (AvgIpc) is 3.71. The normalized spacial score (nSPS) is 24.0. The van der Waals surface area contributed by atoms with Crippen LogP contribution in [0, 0.1) is 11.2 Å². The Morgan fingerprint density at radius 1 is 1.10 bits per heavy atom. The van der Waals surface area contributed by atoms with E-state index in [1.54, 1.807) is 6.07 Å². The number of benzene rings is 2. The van der Waals surface area contributed by atoms with Crippen LogP contribution in [0.25, 0.3) is 10.9 Å². The van der Waals surface area contributed by atoms with Crippen molar-refractivity contribution in [2.24, 2.45) is 5.41 Å². The third kappa shape index (κ3) is 5.21. The van der Waals surface area contributed by atoms with Gasteiger partial charge >= 0.3 is 6.01 Å². The maximum absolute atomic E-state index is 15.6. The Kier molecular flexibility index (Phi) is 7.46. The number of hydrogen-bond donors (Lipinski definition) is 0. The molecule has 1 aliphatic carbocycles. The molecule has 0 radical (unpaired) electrons. The molecule has 42 heavy (non-hydrogen) atoms. The number of morpholine rings is 1. The van der Waals surface area contributed by atoms with Crippen molar-refractivity contribution in [2.45, 2.75) is 44.3 Å². The van der Waals surface area contributed by atoms with Crippen molar-refractivity contribution < 1.29 is 13.9 Å². The maximum Gasteiger partial charge on any atom is 0.319 e. The Bertz CT molecular complexity index is 1500. The number of ether oxygens (including phenoxy) is 2. The maximum atomic E-state index is 15.6. The molecule has 3 aliphatic heterocycles. The van der Waals surface area contributed by atoms with E-state index in [4.69, 9.17) is 26.1 Å². The van der Waals surface area contributed by atoms with Crippen LogP contribution in [0.5, 0.6) is 6.01 Å². The Balaban J connectivity index is 1.17. The van der Waals surface area contributed by atoms with Gasteiger partial charge < -0.3 is 14.4 Å². The molecule has 3 aromatic rings. The zero-order valence-corrected chi connectivity index (χ0v) is 26.4. The molecule has 0 spiro atoms. The van der Waals surface area contributed by atoms with E-state index in [0.29, 0.717) is 35.9 Å². The summed E-state index contributed by atoms with van der Waals surface area (Å²) < 4.78 is 27.6. The lowest BCUT2D eigenvalue weighted by molar-refractivity contribution is 0.0231. The largest absolute Gasteiger partial charge is 0.463 e. The molecule has 10 heteroatoms. The van der Waals surface area contributed by atoms with E-state index in [2.05, 4.69) is 91.9 Å². The van der Waals surface area contributed by atoms with Crippen LogP contribution in [-0.2, 0) is 10.3 Å². The minimum Gasteiger partial charge on any atom is -0.463 e. The number of fused-ring (bicyclic) bond motifs is 3. The van der Waals surface area contributed by atoms with E-state index in [-0.39, 0.29) is 39.0 Å². The first kappa shape index (κ1) is 28.5. The summed E-state index contributed by atoms with van der Waals surface area (Å²) in [6.45, 7) is 10.9. The Labute approximate surface area is 259 Å². The third-order valence-electron chi connectivity index (χ3n) is 9.42. The van der Waals surface area contributed by atoms with Gasteiger partial charge in [0.05, 0.1) is 29.3 Å². The van der Waals surface area contributed by atoms with Crippen LogP contribution in [0.2, 0.25) is 5.02 Å². The van der Waals surface area contributed by atoms with Gasteiger partial charge in [0.15, 0.2) is 5.82 Å². The topological polar surface area (TPSA) is 54.0 Å². The molecule has 2 aromatic carbocycles. The predicted molar refractivity (Wildman–Crippen MR) is 167 cm³/mol. The summed E-state index contributed by atoms with van der Waals surface area (Å²) in [6, 6.07) is 13.0. The standard InChI is InChI=1S/C32H36BrClFN5O2/c1-31(2,21-6-4-3-5-7-21)40-22-8-9-23(40)18-39(17-22)29-24-16-25(34)26(33)27(35)28(24)36-30(37-29)42-20-32(10-11-32)19-38-12-14-41-15-13-38/h3-9,16,22-23H,10-15,17-20H2,1-2H3.